The monoisotopic (exact) mass is 223 g/mol. The van der Waals surface area contributed by atoms with Gasteiger partial charge in [-0.15, -0.1) is 0 Å². The third-order valence-electron chi connectivity index (χ3n) is 1.85. The average Bonchev–Trinajstić information content (AvgIpc) is 2.07. The van der Waals surface area contributed by atoms with Crippen molar-refractivity contribution < 1.29 is 4.79 Å². The van der Waals surface area contributed by atoms with Gasteiger partial charge in [0.15, 0.2) is 0 Å². The first-order valence-corrected chi connectivity index (χ1v) is 4.42. The molecule has 1 aliphatic heterocycles. The molecule has 0 saturated carbocycles. The molecule has 12 heavy (non-hydrogen) atoms. The summed E-state index contributed by atoms with van der Waals surface area (Å²) in [5.74, 6) is -0.141. The second kappa shape index (κ2) is 2.83. The molecular formula is C9H6BrNO. The van der Waals surface area contributed by atoms with Crippen LogP contribution in [0.1, 0.15) is 15.9 Å². The molecule has 0 bridgehead atoms. The first-order chi connectivity index (χ1) is 5.79. The molecule has 60 valence electrons. The van der Waals surface area contributed by atoms with Gasteiger partial charge in [-0.2, -0.15) is 0 Å². The maximum absolute atomic E-state index is 11.2. The summed E-state index contributed by atoms with van der Waals surface area (Å²) in [6, 6.07) is 5.59. The maximum Gasteiger partial charge on any atom is 0.276 e. The van der Waals surface area contributed by atoms with Gasteiger partial charge in [0.1, 0.15) is 0 Å². The molecular weight excluding hydrogens is 218 g/mol. The van der Waals surface area contributed by atoms with E-state index in [1.165, 1.54) is 0 Å². The van der Waals surface area contributed by atoms with Crippen molar-refractivity contribution in [3.05, 3.63) is 33.8 Å². The summed E-state index contributed by atoms with van der Waals surface area (Å²) in [6.07, 6.45) is 2.39. The summed E-state index contributed by atoms with van der Waals surface area (Å²) in [5.41, 5.74) is 1.75. The van der Waals surface area contributed by atoms with Crippen LogP contribution >= 0.6 is 15.9 Å². The van der Waals surface area contributed by atoms with E-state index >= 15 is 0 Å². The van der Waals surface area contributed by atoms with Gasteiger partial charge in [-0.25, -0.2) is 4.99 Å². The number of nitrogens with zero attached hydrogens (tertiary/aromatic N) is 1. The largest absolute Gasteiger partial charge is 0.276 e. The fourth-order valence-corrected chi connectivity index (χ4v) is 1.78. The third kappa shape index (κ3) is 1.10. The molecule has 0 fully saturated rings. The summed E-state index contributed by atoms with van der Waals surface area (Å²) >= 11 is 3.40. The van der Waals surface area contributed by atoms with Crippen molar-refractivity contribution in [2.24, 2.45) is 4.99 Å². The number of rotatable bonds is 0. The van der Waals surface area contributed by atoms with E-state index in [9.17, 15) is 4.79 Å². The molecule has 0 aromatic heterocycles. The molecule has 1 aliphatic rings. The Morgan fingerprint density at radius 2 is 2.25 bits per heavy atom. The second-order valence-corrected chi connectivity index (χ2v) is 3.44. The summed E-state index contributed by atoms with van der Waals surface area (Å²) in [7, 11) is 0. The van der Waals surface area contributed by atoms with Gasteiger partial charge in [-0.1, -0.05) is 22.0 Å². The molecule has 0 spiro atoms. The van der Waals surface area contributed by atoms with E-state index in [2.05, 4.69) is 20.9 Å². The van der Waals surface area contributed by atoms with Crippen LogP contribution in [-0.2, 0) is 6.42 Å². The van der Waals surface area contributed by atoms with Crippen molar-refractivity contribution in [1.29, 1.82) is 0 Å². The minimum absolute atomic E-state index is 0.141. The molecule has 0 radical (unpaired) electrons. The summed E-state index contributed by atoms with van der Waals surface area (Å²) in [4.78, 5) is 14.9. The van der Waals surface area contributed by atoms with Crippen molar-refractivity contribution in [3.8, 4) is 0 Å². The van der Waals surface area contributed by atoms with Crippen LogP contribution < -0.4 is 0 Å². The Morgan fingerprint density at radius 3 is 3.00 bits per heavy atom. The zero-order chi connectivity index (χ0) is 8.55. The van der Waals surface area contributed by atoms with Crippen LogP contribution in [0.4, 0.5) is 0 Å². The standard InChI is InChI=1S/C9H6BrNO/c10-8-3-1-2-7-6(8)4-5-11-9(7)12/h1-3,5H,4H2. The topological polar surface area (TPSA) is 29.4 Å². The van der Waals surface area contributed by atoms with Gasteiger partial charge in [0.2, 0.25) is 0 Å². The summed E-state index contributed by atoms with van der Waals surface area (Å²) in [6.45, 7) is 0. The molecule has 1 heterocycles. The zero-order valence-corrected chi connectivity index (χ0v) is 7.84. The van der Waals surface area contributed by atoms with Gasteiger partial charge in [-0.05, 0) is 17.7 Å². The minimum atomic E-state index is -0.141. The van der Waals surface area contributed by atoms with Crippen LogP contribution in [0.2, 0.25) is 0 Å². The van der Waals surface area contributed by atoms with Gasteiger partial charge in [-0.3, -0.25) is 4.79 Å². The molecule has 1 aromatic rings. The van der Waals surface area contributed by atoms with Gasteiger partial charge in [0.25, 0.3) is 5.91 Å². The van der Waals surface area contributed by atoms with E-state index in [1.807, 2.05) is 12.1 Å². The molecule has 1 amide bonds. The highest BCUT2D eigenvalue weighted by atomic mass is 79.9. The lowest BCUT2D eigenvalue weighted by Crippen LogP contribution is -2.08. The van der Waals surface area contributed by atoms with E-state index in [-0.39, 0.29) is 5.91 Å². The highest BCUT2D eigenvalue weighted by Crippen LogP contribution is 2.23. The number of benzene rings is 1. The van der Waals surface area contributed by atoms with Crippen LogP contribution in [0.5, 0.6) is 0 Å². The normalized spacial score (nSPS) is 14.6. The molecule has 0 saturated heterocycles. The molecule has 0 aliphatic carbocycles. The number of carbonyl (C=O) groups excluding carboxylic acids is 1. The van der Waals surface area contributed by atoms with Crippen LogP contribution in [0.15, 0.2) is 27.7 Å². The molecule has 0 N–H and O–H groups in total. The number of amides is 1. The van der Waals surface area contributed by atoms with E-state index in [0.29, 0.717) is 5.56 Å². The van der Waals surface area contributed by atoms with E-state index in [1.54, 1.807) is 12.3 Å². The van der Waals surface area contributed by atoms with Gasteiger partial charge >= 0.3 is 0 Å². The smallest absolute Gasteiger partial charge is 0.267 e. The van der Waals surface area contributed by atoms with E-state index < -0.39 is 0 Å². The zero-order valence-electron chi connectivity index (χ0n) is 6.25. The SMILES string of the molecule is O=C1N=CCc2c(Br)cccc21. The van der Waals surface area contributed by atoms with Gasteiger partial charge < -0.3 is 0 Å². The molecule has 0 atom stereocenters. The number of halogens is 1. The lowest BCUT2D eigenvalue weighted by atomic mass is 10.0. The van der Waals surface area contributed by atoms with Crippen LogP contribution in [-0.4, -0.2) is 12.1 Å². The molecule has 3 heteroatoms. The number of fused-ring (bicyclic) bond motifs is 1. The maximum atomic E-state index is 11.2. The molecule has 2 nitrogen and oxygen atoms in total. The summed E-state index contributed by atoms with van der Waals surface area (Å²) in [5, 5.41) is 0. The first-order valence-electron chi connectivity index (χ1n) is 3.63. The predicted molar refractivity (Wildman–Crippen MR) is 50.7 cm³/mol. The van der Waals surface area contributed by atoms with Crippen LogP contribution in [0.25, 0.3) is 0 Å². The molecule has 1 aromatic carbocycles. The lowest BCUT2D eigenvalue weighted by Gasteiger charge is -2.09. The number of hydrogen-bond acceptors (Lipinski definition) is 1. The van der Waals surface area contributed by atoms with Crippen molar-refractivity contribution in [1.82, 2.24) is 0 Å². The average molecular weight is 224 g/mol. The van der Waals surface area contributed by atoms with E-state index in [4.69, 9.17) is 0 Å². The Labute approximate surface area is 78.4 Å². The first kappa shape index (κ1) is 7.68. The number of aliphatic imine (C=N–C) groups is 1. The van der Waals surface area contributed by atoms with Crippen molar-refractivity contribution in [2.45, 2.75) is 6.42 Å². The fraction of sp³-hybridized carbons (Fsp3) is 0.111. The Balaban J connectivity index is 2.65. The van der Waals surface area contributed by atoms with Crippen molar-refractivity contribution >= 4 is 28.1 Å². The Bertz CT molecular complexity index is 371. The Morgan fingerprint density at radius 1 is 1.42 bits per heavy atom. The third-order valence-corrected chi connectivity index (χ3v) is 2.60. The van der Waals surface area contributed by atoms with Crippen molar-refractivity contribution in [3.63, 3.8) is 0 Å². The number of hydrogen-bond donors (Lipinski definition) is 0. The quantitative estimate of drug-likeness (QED) is 0.664. The Kier molecular flexibility index (Phi) is 1.81. The minimum Gasteiger partial charge on any atom is -0.267 e. The van der Waals surface area contributed by atoms with Crippen molar-refractivity contribution in [2.75, 3.05) is 0 Å². The Hall–Kier alpha value is -0.960. The highest BCUT2D eigenvalue weighted by Gasteiger charge is 2.15. The fourth-order valence-electron chi connectivity index (χ4n) is 1.26. The molecule has 0 unspecified atom stereocenters. The number of carbonyl (C=O) groups is 1. The predicted octanol–water partition coefficient (Wildman–Crippen LogP) is 2.22. The highest BCUT2D eigenvalue weighted by molar-refractivity contribution is 9.10. The second-order valence-electron chi connectivity index (χ2n) is 2.59. The molecule has 2 rings (SSSR count). The summed E-state index contributed by atoms with van der Waals surface area (Å²) < 4.78 is 0.986. The lowest BCUT2D eigenvalue weighted by molar-refractivity contribution is 0.100. The van der Waals surface area contributed by atoms with E-state index in [0.717, 1.165) is 16.5 Å². The van der Waals surface area contributed by atoms with Gasteiger partial charge in [0, 0.05) is 22.7 Å². The van der Waals surface area contributed by atoms with Crippen LogP contribution in [0.3, 0.4) is 0 Å². The van der Waals surface area contributed by atoms with Gasteiger partial charge in [0.05, 0.1) is 0 Å². The van der Waals surface area contributed by atoms with Crippen LogP contribution in [0, 0.1) is 0 Å².